The van der Waals surface area contributed by atoms with Gasteiger partial charge < -0.3 is 42.6 Å². The third-order valence-corrected chi connectivity index (χ3v) is 13.4. The van der Waals surface area contributed by atoms with E-state index in [1.165, 1.54) is 6.26 Å². The van der Waals surface area contributed by atoms with Gasteiger partial charge in [-0.3, -0.25) is 0 Å². The largest absolute Gasteiger partial charge is 0.469 e. The summed E-state index contributed by atoms with van der Waals surface area (Å²) in [6.07, 6.45) is -1.69. The second-order valence-electron chi connectivity index (χ2n) is 17.6. The lowest BCUT2D eigenvalue weighted by molar-refractivity contribution is -0.318. The lowest BCUT2D eigenvalue weighted by Crippen LogP contribution is -2.61. The standard InChI is InChI=1S/C50H62O10Si/c1-36-27-43-45(41(36)32-54-35-52-25-26-61(2,3)4)42(49(51)59-43)33-58-50-48(57-31-40-23-15-8-16-24-40)47(56-30-39-21-13-7-14-22-39)46(55-29-38-19-11-6-12-20-38)44(60-50)34-53-28-37-17-9-5-10-18-37/h5-24,33,36,41,43-48,50H,25-32,34-35H2,1-4H3/b42-33+/t36-,41+,43-,44+,45-,46+,47-,48+,50+/m0/s1. The van der Waals surface area contributed by atoms with Gasteiger partial charge in [-0.15, -0.1) is 0 Å². The highest BCUT2D eigenvalue weighted by Gasteiger charge is 2.53. The Labute approximate surface area is 362 Å². The van der Waals surface area contributed by atoms with Crippen LogP contribution in [0.15, 0.2) is 133 Å². The van der Waals surface area contributed by atoms with Crippen LogP contribution in [0.2, 0.25) is 25.7 Å². The first-order valence-electron chi connectivity index (χ1n) is 21.7. The Hall–Kier alpha value is -4.17. The Morgan fingerprint density at radius 1 is 0.639 bits per heavy atom. The number of benzene rings is 4. The SMILES string of the molecule is C[C@H]1C[C@@H]2OC(=O)/C(=C/O[C@@H]3O[C@H](COCc4ccccc4)[C@@H](OCc4ccccc4)[C@H](OCc4ccccc4)[C@H]3OCc3ccccc3)[C@@H]2[C@@H]1COCOCC[Si](C)(C)C. The maximum absolute atomic E-state index is 13.6. The zero-order valence-electron chi connectivity index (χ0n) is 36.0. The Bertz CT molecular complexity index is 1930. The van der Waals surface area contributed by atoms with E-state index < -0.39 is 38.8 Å². The first-order valence-corrected chi connectivity index (χ1v) is 25.4. The minimum Gasteiger partial charge on any atom is -0.469 e. The smallest absolute Gasteiger partial charge is 0.337 e. The highest BCUT2D eigenvalue weighted by Crippen LogP contribution is 2.47. The summed E-state index contributed by atoms with van der Waals surface area (Å²) in [4.78, 5) is 13.6. The fraction of sp³-hybridized carbons (Fsp3) is 0.460. The number of carbonyl (C=O) groups is 1. The lowest BCUT2D eigenvalue weighted by Gasteiger charge is -2.45. The van der Waals surface area contributed by atoms with Crippen LogP contribution in [0.5, 0.6) is 0 Å². The highest BCUT2D eigenvalue weighted by atomic mass is 28.3. The van der Waals surface area contributed by atoms with Crippen LogP contribution in [0.4, 0.5) is 0 Å². The number of ether oxygens (including phenoxy) is 9. The fourth-order valence-electron chi connectivity index (χ4n) is 8.28. The van der Waals surface area contributed by atoms with Gasteiger partial charge in [-0.25, -0.2) is 4.79 Å². The molecule has 4 aromatic rings. The van der Waals surface area contributed by atoms with Crippen LogP contribution in [0, 0.1) is 17.8 Å². The number of carbonyl (C=O) groups excluding carboxylic acids is 1. The molecule has 326 valence electrons. The molecule has 3 fully saturated rings. The summed E-state index contributed by atoms with van der Waals surface area (Å²) in [6.45, 7) is 12.0. The van der Waals surface area contributed by atoms with E-state index in [1.54, 1.807) is 0 Å². The summed E-state index contributed by atoms with van der Waals surface area (Å²) in [5.41, 5.74) is 4.49. The maximum atomic E-state index is 13.6. The Morgan fingerprint density at radius 2 is 1.16 bits per heavy atom. The molecule has 11 heteroatoms. The van der Waals surface area contributed by atoms with Gasteiger partial charge in [-0.2, -0.15) is 0 Å². The van der Waals surface area contributed by atoms with E-state index in [2.05, 4.69) is 26.6 Å². The van der Waals surface area contributed by atoms with E-state index in [0.29, 0.717) is 38.6 Å². The zero-order chi connectivity index (χ0) is 42.4. The molecule has 2 heterocycles. The van der Waals surface area contributed by atoms with E-state index in [-0.39, 0.29) is 49.8 Å². The number of rotatable bonds is 22. The van der Waals surface area contributed by atoms with Gasteiger partial charge >= 0.3 is 5.97 Å². The number of esters is 1. The molecule has 0 aromatic heterocycles. The van der Waals surface area contributed by atoms with Crippen molar-refractivity contribution in [1.29, 1.82) is 0 Å². The van der Waals surface area contributed by atoms with Crippen LogP contribution in [-0.2, 0) is 73.9 Å². The van der Waals surface area contributed by atoms with Gasteiger partial charge in [0.15, 0.2) is 0 Å². The molecule has 0 spiro atoms. The highest BCUT2D eigenvalue weighted by molar-refractivity contribution is 6.76. The molecule has 2 aliphatic heterocycles. The number of fused-ring (bicyclic) bond motifs is 1. The average Bonchev–Trinajstić information content (AvgIpc) is 3.74. The van der Waals surface area contributed by atoms with Crippen LogP contribution in [0.3, 0.4) is 0 Å². The van der Waals surface area contributed by atoms with Crippen molar-refractivity contribution >= 4 is 14.0 Å². The number of hydrogen-bond donors (Lipinski definition) is 0. The fourth-order valence-corrected chi connectivity index (χ4v) is 9.04. The van der Waals surface area contributed by atoms with Crippen molar-refractivity contribution in [3.63, 3.8) is 0 Å². The van der Waals surface area contributed by atoms with Crippen LogP contribution in [0.25, 0.3) is 0 Å². The summed E-state index contributed by atoms with van der Waals surface area (Å²) in [5, 5.41) is 0. The molecule has 61 heavy (non-hydrogen) atoms. The van der Waals surface area contributed by atoms with Crippen LogP contribution >= 0.6 is 0 Å². The topological polar surface area (TPSA) is 100 Å². The lowest BCUT2D eigenvalue weighted by atomic mass is 9.86. The summed E-state index contributed by atoms with van der Waals surface area (Å²) in [7, 11) is -1.21. The van der Waals surface area contributed by atoms with Gasteiger partial charge in [0, 0.05) is 20.6 Å². The molecule has 7 rings (SSSR count). The van der Waals surface area contributed by atoms with E-state index in [0.717, 1.165) is 34.7 Å². The van der Waals surface area contributed by atoms with Gasteiger partial charge in [0.1, 0.15) is 37.3 Å². The average molecular weight is 851 g/mol. The first kappa shape index (κ1) is 44.9. The molecular weight excluding hydrogens is 789 g/mol. The normalized spacial score (nSPS) is 26.9. The molecule has 2 saturated heterocycles. The van der Waals surface area contributed by atoms with Crippen molar-refractivity contribution in [3.05, 3.63) is 155 Å². The summed E-state index contributed by atoms with van der Waals surface area (Å²) >= 11 is 0. The Morgan fingerprint density at radius 3 is 1.72 bits per heavy atom. The van der Waals surface area contributed by atoms with E-state index >= 15 is 0 Å². The summed E-state index contributed by atoms with van der Waals surface area (Å²) in [5.74, 6) is -0.277. The van der Waals surface area contributed by atoms with Crippen LogP contribution in [-0.4, -0.2) is 77.5 Å². The third kappa shape index (κ3) is 12.9. The van der Waals surface area contributed by atoms with Crippen molar-refractivity contribution in [2.45, 2.75) is 102 Å². The van der Waals surface area contributed by atoms with E-state index in [1.807, 2.05) is 121 Å². The minimum absolute atomic E-state index is 0.0427. The van der Waals surface area contributed by atoms with Crippen LogP contribution in [0.1, 0.15) is 35.6 Å². The molecule has 10 nitrogen and oxygen atoms in total. The molecule has 0 radical (unpaired) electrons. The second-order valence-corrected chi connectivity index (χ2v) is 23.2. The van der Waals surface area contributed by atoms with Gasteiger partial charge in [-0.1, -0.05) is 148 Å². The van der Waals surface area contributed by atoms with Crippen molar-refractivity contribution in [2.24, 2.45) is 17.8 Å². The van der Waals surface area contributed by atoms with Gasteiger partial charge in [0.25, 0.3) is 0 Å². The molecule has 0 bridgehead atoms. The van der Waals surface area contributed by atoms with Gasteiger partial charge in [0.05, 0.1) is 51.5 Å². The van der Waals surface area contributed by atoms with E-state index in [4.69, 9.17) is 42.6 Å². The molecule has 0 unspecified atom stereocenters. The predicted molar refractivity (Wildman–Crippen MR) is 235 cm³/mol. The zero-order valence-corrected chi connectivity index (χ0v) is 37.0. The Kier molecular flexibility index (Phi) is 16.4. The maximum Gasteiger partial charge on any atom is 0.337 e. The van der Waals surface area contributed by atoms with E-state index in [9.17, 15) is 4.79 Å². The quantitative estimate of drug-likeness (QED) is 0.0190. The Balaban J connectivity index is 1.16. The molecule has 1 aliphatic carbocycles. The molecular formula is C50H62O10Si. The molecule has 0 amide bonds. The molecule has 1 saturated carbocycles. The molecule has 9 atom stereocenters. The van der Waals surface area contributed by atoms with Crippen molar-refractivity contribution < 1.29 is 47.4 Å². The monoisotopic (exact) mass is 850 g/mol. The summed E-state index contributed by atoms with van der Waals surface area (Å²) in [6, 6.07) is 41.1. The molecule has 4 aromatic carbocycles. The van der Waals surface area contributed by atoms with Crippen molar-refractivity contribution in [1.82, 2.24) is 0 Å². The predicted octanol–water partition coefficient (Wildman–Crippen LogP) is 9.11. The van der Waals surface area contributed by atoms with Crippen LogP contribution < -0.4 is 0 Å². The third-order valence-electron chi connectivity index (χ3n) is 11.7. The number of hydrogen-bond acceptors (Lipinski definition) is 10. The van der Waals surface area contributed by atoms with Gasteiger partial charge in [0.2, 0.25) is 6.29 Å². The van der Waals surface area contributed by atoms with Gasteiger partial charge in [-0.05, 0) is 46.6 Å². The summed E-state index contributed by atoms with van der Waals surface area (Å²) < 4.78 is 58.2. The first-order chi connectivity index (χ1) is 29.7. The minimum atomic E-state index is -1.21. The van der Waals surface area contributed by atoms with Crippen molar-refractivity contribution in [3.8, 4) is 0 Å². The second kappa shape index (κ2) is 22.3. The van der Waals surface area contributed by atoms with Crippen molar-refractivity contribution in [2.75, 3.05) is 26.6 Å². The molecule has 3 aliphatic rings. The molecule has 0 N–H and O–H groups in total.